The molecule has 2 fully saturated rings. The van der Waals surface area contributed by atoms with E-state index in [0.29, 0.717) is 48.4 Å². The van der Waals surface area contributed by atoms with E-state index in [2.05, 4.69) is 0 Å². The number of ether oxygens (including phenoxy) is 2. The number of fused-ring (bicyclic) bond motifs is 1. The third kappa shape index (κ3) is 4.07. The van der Waals surface area contributed by atoms with Crippen LogP contribution in [-0.2, 0) is 4.79 Å². The molecule has 7 heteroatoms. The first-order chi connectivity index (χ1) is 13.6. The number of piperidine rings is 2. The maximum atomic E-state index is 13.0. The number of benzene rings is 1. The maximum Gasteiger partial charge on any atom is 0.254 e. The van der Waals surface area contributed by atoms with Gasteiger partial charge in [0, 0.05) is 44.1 Å². The SMILES string of the molecule is O=C(c1cc(Cl)c2c(c1)OCCCO2)N1CCC(C(=O)N2CCCCC2)CC1. The van der Waals surface area contributed by atoms with Crippen molar-refractivity contribution in [1.82, 2.24) is 9.80 Å². The van der Waals surface area contributed by atoms with Crippen molar-refractivity contribution in [2.75, 3.05) is 39.4 Å². The van der Waals surface area contributed by atoms with E-state index in [1.165, 1.54) is 6.42 Å². The minimum absolute atomic E-state index is 0.0366. The predicted octanol–water partition coefficient (Wildman–Crippen LogP) is 3.37. The van der Waals surface area contributed by atoms with Gasteiger partial charge in [-0.1, -0.05) is 11.6 Å². The number of nitrogens with zero attached hydrogens (tertiary/aromatic N) is 2. The van der Waals surface area contributed by atoms with Gasteiger partial charge in [-0.15, -0.1) is 0 Å². The molecule has 2 saturated heterocycles. The van der Waals surface area contributed by atoms with Gasteiger partial charge in [-0.25, -0.2) is 0 Å². The van der Waals surface area contributed by atoms with Gasteiger partial charge < -0.3 is 19.3 Å². The Kier molecular flexibility index (Phi) is 5.95. The molecule has 1 aromatic rings. The van der Waals surface area contributed by atoms with Crippen LogP contribution in [0.4, 0.5) is 0 Å². The molecule has 0 N–H and O–H groups in total. The van der Waals surface area contributed by atoms with E-state index in [0.717, 1.165) is 45.2 Å². The fraction of sp³-hybridized carbons (Fsp3) is 0.619. The van der Waals surface area contributed by atoms with Crippen molar-refractivity contribution in [3.05, 3.63) is 22.7 Å². The highest BCUT2D eigenvalue weighted by molar-refractivity contribution is 6.32. The van der Waals surface area contributed by atoms with Crippen LogP contribution in [0.25, 0.3) is 0 Å². The highest BCUT2D eigenvalue weighted by Crippen LogP contribution is 2.38. The Bertz CT molecular complexity index is 740. The summed E-state index contributed by atoms with van der Waals surface area (Å²) in [6.07, 6.45) is 5.66. The van der Waals surface area contributed by atoms with Crippen LogP contribution in [0.2, 0.25) is 5.02 Å². The molecule has 0 saturated carbocycles. The number of amides is 2. The van der Waals surface area contributed by atoms with E-state index in [1.807, 2.05) is 9.80 Å². The summed E-state index contributed by atoms with van der Waals surface area (Å²) in [5.74, 6) is 1.28. The molecule has 3 aliphatic heterocycles. The van der Waals surface area contributed by atoms with Crippen LogP contribution in [0.15, 0.2) is 12.1 Å². The Hall–Kier alpha value is -1.95. The fourth-order valence-electron chi connectivity index (χ4n) is 4.24. The minimum Gasteiger partial charge on any atom is -0.489 e. The summed E-state index contributed by atoms with van der Waals surface area (Å²) >= 11 is 6.33. The average Bonchev–Trinajstić information content (AvgIpc) is 2.99. The lowest BCUT2D eigenvalue weighted by molar-refractivity contribution is -0.137. The van der Waals surface area contributed by atoms with Crippen LogP contribution >= 0.6 is 11.6 Å². The highest BCUT2D eigenvalue weighted by atomic mass is 35.5. The zero-order valence-electron chi connectivity index (χ0n) is 16.1. The lowest BCUT2D eigenvalue weighted by Gasteiger charge is -2.35. The zero-order valence-corrected chi connectivity index (χ0v) is 16.9. The number of halogens is 1. The Balaban J connectivity index is 1.39. The van der Waals surface area contributed by atoms with Crippen LogP contribution < -0.4 is 9.47 Å². The van der Waals surface area contributed by atoms with Crippen molar-refractivity contribution in [2.24, 2.45) is 5.92 Å². The number of hydrogen-bond acceptors (Lipinski definition) is 4. The van der Waals surface area contributed by atoms with Crippen LogP contribution in [0.5, 0.6) is 11.5 Å². The number of hydrogen-bond donors (Lipinski definition) is 0. The van der Waals surface area contributed by atoms with Gasteiger partial charge in [0.25, 0.3) is 5.91 Å². The van der Waals surface area contributed by atoms with Crippen molar-refractivity contribution >= 4 is 23.4 Å². The first-order valence-corrected chi connectivity index (χ1v) is 10.7. The molecule has 0 radical (unpaired) electrons. The fourth-order valence-corrected chi connectivity index (χ4v) is 4.50. The van der Waals surface area contributed by atoms with Crippen LogP contribution in [0.1, 0.15) is 48.9 Å². The van der Waals surface area contributed by atoms with Crippen LogP contribution in [0.3, 0.4) is 0 Å². The third-order valence-corrected chi connectivity index (χ3v) is 6.13. The quantitative estimate of drug-likeness (QED) is 0.755. The summed E-state index contributed by atoms with van der Waals surface area (Å²) in [7, 11) is 0. The molecular formula is C21H27ClN2O4. The van der Waals surface area contributed by atoms with Crippen molar-refractivity contribution in [1.29, 1.82) is 0 Å². The zero-order chi connectivity index (χ0) is 19.5. The summed E-state index contributed by atoms with van der Waals surface area (Å²) in [4.78, 5) is 29.5. The Morgan fingerprint density at radius 1 is 0.893 bits per heavy atom. The summed E-state index contributed by atoms with van der Waals surface area (Å²) < 4.78 is 11.3. The molecule has 28 heavy (non-hydrogen) atoms. The second-order valence-corrected chi connectivity index (χ2v) is 8.20. The lowest BCUT2D eigenvalue weighted by Crippen LogP contribution is -2.45. The number of rotatable bonds is 2. The van der Waals surface area contributed by atoms with Crippen LogP contribution in [0, 0.1) is 5.92 Å². The van der Waals surface area contributed by atoms with E-state index < -0.39 is 0 Å². The molecule has 0 bridgehead atoms. The molecule has 3 aliphatic rings. The van der Waals surface area contributed by atoms with E-state index in [-0.39, 0.29) is 17.7 Å². The van der Waals surface area contributed by atoms with E-state index >= 15 is 0 Å². The molecule has 0 aromatic heterocycles. The molecule has 0 unspecified atom stereocenters. The number of likely N-dealkylation sites (tertiary alicyclic amines) is 2. The van der Waals surface area contributed by atoms with Gasteiger partial charge in [0.1, 0.15) is 0 Å². The summed E-state index contributed by atoms with van der Waals surface area (Å²) in [5, 5.41) is 0.401. The summed E-state index contributed by atoms with van der Waals surface area (Å²) in [5.41, 5.74) is 0.509. The molecule has 152 valence electrons. The normalized spacial score (nSPS) is 20.6. The van der Waals surface area contributed by atoms with Crippen molar-refractivity contribution in [3.63, 3.8) is 0 Å². The maximum absolute atomic E-state index is 13.0. The van der Waals surface area contributed by atoms with E-state index in [4.69, 9.17) is 21.1 Å². The van der Waals surface area contributed by atoms with Gasteiger partial charge >= 0.3 is 0 Å². The van der Waals surface area contributed by atoms with Gasteiger partial charge in [0.05, 0.1) is 18.2 Å². The molecule has 0 spiro atoms. The van der Waals surface area contributed by atoms with Crippen molar-refractivity contribution in [2.45, 2.75) is 38.5 Å². The van der Waals surface area contributed by atoms with Gasteiger partial charge in [0.15, 0.2) is 11.5 Å². The number of carbonyl (C=O) groups excluding carboxylic acids is 2. The first kappa shape index (κ1) is 19.4. The largest absolute Gasteiger partial charge is 0.489 e. The third-order valence-electron chi connectivity index (χ3n) is 5.85. The molecule has 6 nitrogen and oxygen atoms in total. The lowest BCUT2D eigenvalue weighted by atomic mass is 9.94. The monoisotopic (exact) mass is 406 g/mol. The Labute approximate surface area is 170 Å². The topological polar surface area (TPSA) is 59.1 Å². The van der Waals surface area contributed by atoms with E-state index in [9.17, 15) is 9.59 Å². The molecule has 0 aliphatic carbocycles. The standard InChI is InChI=1S/C21H27ClN2O4/c22-17-13-16(14-18-19(17)28-12-4-11-27-18)21(26)24-9-5-15(6-10-24)20(25)23-7-2-1-3-8-23/h13-15H,1-12H2. The van der Waals surface area contributed by atoms with Gasteiger partial charge in [0.2, 0.25) is 5.91 Å². The predicted molar refractivity (Wildman–Crippen MR) is 106 cm³/mol. The van der Waals surface area contributed by atoms with Gasteiger partial charge in [-0.05, 0) is 44.2 Å². The average molecular weight is 407 g/mol. The van der Waals surface area contributed by atoms with Crippen LogP contribution in [-0.4, -0.2) is 61.0 Å². The molecule has 2 amide bonds. The highest BCUT2D eigenvalue weighted by Gasteiger charge is 2.31. The van der Waals surface area contributed by atoms with Gasteiger partial charge in [-0.3, -0.25) is 9.59 Å². The molecule has 4 rings (SSSR count). The first-order valence-electron chi connectivity index (χ1n) is 10.3. The number of carbonyl (C=O) groups is 2. The Morgan fingerprint density at radius 2 is 1.61 bits per heavy atom. The summed E-state index contributed by atoms with van der Waals surface area (Å²) in [6.45, 7) is 4.05. The minimum atomic E-state index is -0.0681. The van der Waals surface area contributed by atoms with E-state index in [1.54, 1.807) is 12.1 Å². The molecular weight excluding hydrogens is 380 g/mol. The second-order valence-electron chi connectivity index (χ2n) is 7.79. The van der Waals surface area contributed by atoms with Crippen molar-refractivity contribution in [3.8, 4) is 11.5 Å². The molecule has 1 aromatic carbocycles. The second kappa shape index (κ2) is 8.60. The summed E-state index contributed by atoms with van der Waals surface area (Å²) in [6, 6.07) is 3.38. The van der Waals surface area contributed by atoms with Crippen molar-refractivity contribution < 1.29 is 19.1 Å². The van der Waals surface area contributed by atoms with Gasteiger partial charge in [-0.2, -0.15) is 0 Å². The molecule has 0 atom stereocenters. The molecule has 3 heterocycles. The smallest absolute Gasteiger partial charge is 0.254 e. The Morgan fingerprint density at radius 3 is 2.36 bits per heavy atom.